The van der Waals surface area contributed by atoms with Gasteiger partial charge in [0.2, 0.25) is 0 Å². The van der Waals surface area contributed by atoms with E-state index in [0.717, 1.165) is 18.7 Å². The molecule has 0 unspecified atom stereocenters. The third kappa shape index (κ3) is 2.34. The topological polar surface area (TPSA) is 56.7 Å². The maximum atomic E-state index is 5.67. The van der Waals surface area contributed by atoms with Crippen LogP contribution in [0.25, 0.3) is 0 Å². The smallest absolute Gasteiger partial charge is 0.200 e. The minimum atomic E-state index is 0.565. The monoisotopic (exact) mass is 202 g/mol. The Kier molecular flexibility index (Phi) is 2.67. The van der Waals surface area contributed by atoms with Gasteiger partial charge < -0.3 is 10.3 Å². The van der Waals surface area contributed by atoms with Crippen LogP contribution in [0.15, 0.2) is 30.7 Å². The van der Waals surface area contributed by atoms with Gasteiger partial charge in [0.1, 0.15) is 0 Å². The van der Waals surface area contributed by atoms with Gasteiger partial charge in [0.15, 0.2) is 5.95 Å². The largest absolute Gasteiger partial charge is 0.369 e. The van der Waals surface area contributed by atoms with Crippen LogP contribution < -0.4 is 5.73 Å². The molecular weight excluding hydrogens is 188 g/mol. The zero-order chi connectivity index (χ0) is 10.7. The number of aromatic nitrogens is 3. The first-order valence-corrected chi connectivity index (χ1v) is 4.94. The predicted molar refractivity (Wildman–Crippen MR) is 59.3 cm³/mol. The summed E-state index contributed by atoms with van der Waals surface area (Å²) >= 11 is 0. The van der Waals surface area contributed by atoms with Crippen LogP contribution in [-0.2, 0) is 13.0 Å². The highest BCUT2D eigenvalue weighted by atomic mass is 15.1. The van der Waals surface area contributed by atoms with Crippen LogP contribution in [-0.4, -0.2) is 14.5 Å². The van der Waals surface area contributed by atoms with Crippen LogP contribution in [0.3, 0.4) is 0 Å². The number of nitrogens with zero attached hydrogens (tertiary/aromatic N) is 3. The molecular formula is C11H14N4. The summed E-state index contributed by atoms with van der Waals surface area (Å²) in [6.07, 6.45) is 6.43. The summed E-state index contributed by atoms with van der Waals surface area (Å²) < 4.78 is 1.93. The number of hydrogen-bond donors (Lipinski definition) is 1. The van der Waals surface area contributed by atoms with Crippen molar-refractivity contribution in [3.05, 3.63) is 42.0 Å². The lowest BCUT2D eigenvalue weighted by atomic mass is 10.2. The highest BCUT2D eigenvalue weighted by molar-refractivity contribution is 5.18. The molecule has 2 aromatic rings. The Hall–Kier alpha value is -1.84. The lowest BCUT2D eigenvalue weighted by Gasteiger charge is -2.04. The maximum absolute atomic E-state index is 5.67. The van der Waals surface area contributed by atoms with Crippen molar-refractivity contribution in [1.29, 1.82) is 0 Å². The van der Waals surface area contributed by atoms with E-state index in [4.69, 9.17) is 5.73 Å². The predicted octanol–water partition coefficient (Wildman–Crippen LogP) is 1.41. The first-order chi connectivity index (χ1) is 7.25. The number of nitrogen functional groups attached to an aromatic ring is 1. The first-order valence-electron chi connectivity index (χ1n) is 4.94. The number of hydrogen-bond acceptors (Lipinski definition) is 3. The molecule has 0 aliphatic rings. The minimum absolute atomic E-state index is 0.565. The van der Waals surface area contributed by atoms with Crippen molar-refractivity contribution in [3.63, 3.8) is 0 Å². The summed E-state index contributed by atoms with van der Waals surface area (Å²) in [5.74, 6) is 0.565. The van der Waals surface area contributed by atoms with Crippen molar-refractivity contribution in [2.45, 2.75) is 19.9 Å². The van der Waals surface area contributed by atoms with Crippen molar-refractivity contribution in [2.24, 2.45) is 0 Å². The van der Waals surface area contributed by atoms with Gasteiger partial charge in [-0.2, -0.15) is 0 Å². The summed E-state index contributed by atoms with van der Waals surface area (Å²) in [6.45, 7) is 2.83. The molecule has 78 valence electrons. The van der Waals surface area contributed by atoms with Gasteiger partial charge in [0.05, 0.1) is 0 Å². The Morgan fingerprint density at radius 2 is 2.20 bits per heavy atom. The Balaban J connectivity index is 1.99. The average Bonchev–Trinajstić information content (AvgIpc) is 2.63. The van der Waals surface area contributed by atoms with E-state index in [1.165, 1.54) is 5.56 Å². The van der Waals surface area contributed by atoms with Crippen LogP contribution in [0.2, 0.25) is 0 Å². The average molecular weight is 202 g/mol. The molecule has 4 heteroatoms. The van der Waals surface area contributed by atoms with Crippen molar-refractivity contribution < 1.29 is 0 Å². The molecule has 0 bridgehead atoms. The van der Waals surface area contributed by atoms with Crippen LogP contribution in [0.4, 0.5) is 5.95 Å². The number of pyridine rings is 1. The Morgan fingerprint density at radius 1 is 1.33 bits per heavy atom. The molecule has 15 heavy (non-hydrogen) atoms. The molecule has 0 saturated heterocycles. The molecule has 0 radical (unpaired) electrons. The van der Waals surface area contributed by atoms with E-state index >= 15 is 0 Å². The quantitative estimate of drug-likeness (QED) is 0.818. The third-order valence-corrected chi connectivity index (χ3v) is 2.36. The van der Waals surface area contributed by atoms with Crippen molar-refractivity contribution in [3.8, 4) is 0 Å². The maximum Gasteiger partial charge on any atom is 0.200 e. The molecule has 0 fully saturated rings. The number of rotatable bonds is 3. The minimum Gasteiger partial charge on any atom is -0.369 e. The lowest BCUT2D eigenvalue weighted by Crippen LogP contribution is -2.04. The molecule has 2 heterocycles. The SMILES string of the molecule is Cc1ccc(CCn2ccnc2N)cn1. The second-order valence-corrected chi connectivity index (χ2v) is 3.54. The molecule has 2 N–H and O–H groups in total. The number of imidazole rings is 1. The highest BCUT2D eigenvalue weighted by Crippen LogP contribution is 2.04. The lowest BCUT2D eigenvalue weighted by molar-refractivity contribution is 0.704. The van der Waals surface area contributed by atoms with Crippen molar-refractivity contribution in [2.75, 3.05) is 5.73 Å². The van der Waals surface area contributed by atoms with Crippen molar-refractivity contribution in [1.82, 2.24) is 14.5 Å². The summed E-state index contributed by atoms with van der Waals surface area (Å²) in [5, 5.41) is 0. The van der Waals surface area contributed by atoms with Gasteiger partial charge in [-0.15, -0.1) is 0 Å². The second-order valence-electron chi connectivity index (χ2n) is 3.54. The zero-order valence-electron chi connectivity index (χ0n) is 8.72. The zero-order valence-corrected chi connectivity index (χ0v) is 8.72. The fourth-order valence-electron chi connectivity index (χ4n) is 1.43. The highest BCUT2D eigenvalue weighted by Gasteiger charge is 1.98. The first kappa shape index (κ1) is 9.71. The van der Waals surface area contributed by atoms with Crippen molar-refractivity contribution >= 4 is 5.95 Å². The van der Waals surface area contributed by atoms with Gasteiger partial charge in [0.25, 0.3) is 0 Å². The van der Waals surface area contributed by atoms with Gasteiger partial charge in [0, 0.05) is 30.8 Å². The number of aryl methyl sites for hydroxylation is 3. The van der Waals surface area contributed by atoms with E-state index in [1.807, 2.05) is 30.0 Å². The van der Waals surface area contributed by atoms with Gasteiger partial charge in [-0.3, -0.25) is 4.98 Å². The molecule has 2 aromatic heterocycles. The van der Waals surface area contributed by atoms with Gasteiger partial charge in [-0.25, -0.2) is 4.98 Å². The molecule has 0 aromatic carbocycles. The summed E-state index contributed by atoms with van der Waals surface area (Å²) in [6, 6.07) is 4.11. The Morgan fingerprint density at radius 3 is 2.80 bits per heavy atom. The molecule has 0 atom stereocenters. The third-order valence-electron chi connectivity index (χ3n) is 2.36. The number of nitrogens with two attached hydrogens (primary N) is 1. The van der Waals surface area contributed by atoms with E-state index in [-0.39, 0.29) is 0 Å². The van der Waals surface area contributed by atoms with Crippen LogP contribution in [0, 0.1) is 6.92 Å². The molecule has 2 rings (SSSR count). The van der Waals surface area contributed by atoms with Crippen LogP contribution >= 0.6 is 0 Å². The standard InChI is InChI=1S/C11H14N4/c1-9-2-3-10(8-14-9)4-6-15-7-5-13-11(15)12/h2-3,5,7-8H,4,6H2,1H3,(H2,12,13). The Labute approximate surface area is 88.8 Å². The molecule has 0 amide bonds. The van der Waals surface area contributed by atoms with Crippen LogP contribution in [0.1, 0.15) is 11.3 Å². The van der Waals surface area contributed by atoms with Gasteiger partial charge >= 0.3 is 0 Å². The van der Waals surface area contributed by atoms with Gasteiger partial charge in [-0.1, -0.05) is 6.07 Å². The molecule has 0 aliphatic heterocycles. The summed E-state index contributed by atoms with van der Waals surface area (Å²) in [5.41, 5.74) is 7.92. The molecule has 0 saturated carbocycles. The van der Waals surface area contributed by atoms with E-state index < -0.39 is 0 Å². The van der Waals surface area contributed by atoms with E-state index in [9.17, 15) is 0 Å². The summed E-state index contributed by atoms with van der Waals surface area (Å²) in [7, 11) is 0. The molecule has 0 aliphatic carbocycles. The summed E-state index contributed by atoms with van der Waals surface area (Å²) in [4.78, 5) is 8.21. The second kappa shape index (κ2) is 4.13. The molecule has 4 nitrogen and oxygen atoms in total. The van der Waals surface area contributed by atoms with E-state index in [2.05, 4.69) is 16.0 Å². The van der Waals surface area contributed by atoms with E-state index in [1.54, 1.807) is 6.20 Å². The van der Waals surface area contributed by atoms with E-state index in [0.29, 0.717) is 5.95 Å². The fraction of sp³-hybridized carbons (Fsp3) is 0.273. The van der Waals surface area contributed by atoms with Crippen LogP contribution in [0.5, 0.6) is 0 Å². The number of anilines is 1. The van der Waals surface area contributed by atoms with Gasteiger partial charge in [-0.05, 0) is 25.0 Å². The fourth-order valence-corrected chi connectivity index (χ4v) is 1.43. The molecule has 0 spiro atoms. The normalized spacial score (nSPS) is 10.5. The Bertz CT molecular complexity index is 430.